The molecule has 1 fully saturated rings. The molecule has 1 amide bonds. The Morgan fingerprint density at radius 1 is 1.53 bits per heavy atom. The summed E-state index contributed by atoms with van der Waals surface area (Å²) in [6, 6.07) is 0.498. The lowest BCUT2D eigenvalue weighted by Gasteiger charge is -2.28. The molecule has 1 heterocycles. The van der Waals surface area contributed by atoms with E-state index < -0.39 is 5.91 Å². The van der Waals surface area contributed by atoms with E-state index in [2.05, 4.69) is 16.2 Å². The molecular weight excluding hydrogens is 236 g/mol. The average Bonchev–Trinajstić information content (AvgIpc) is 2.90. The van der Waals surface area contributed by atoms with Gasteiger partial charge in [-0.25, -0.2) is 0 Å². The number of hydrogen-bond acceptors (Lipinski definition) is 5. The van der Waals surface area contributed by atoms with Crippen LogP contribution in [-0.2, 0) is 0 Å². The first-order valence-electron chi connectivity index (χ1n) is 5.96. The van der Waals surface area contributed by atoms with Crippen molar-refractivity contribution in [2.24, 2.45) is 5.73 Å². The molecule has 1 aromatic rings. The highest BCUT2D eigenvalue weighted by Crippen LogP contribution is 2.35. The predicted molar refractivity (Wildman–Crippen MR) is 70.3 cm³/mol. The minimum absolute atomic E-state index is 0.258. The van der Waals surface area contributed by atoms with Crippen LogP contribution in [0.1, 0.15) is 43.0 Å². The Bertz CT molecular complexity index is 412. The fraction of sp³-hybridized carbons (Fsp3) is 0.636. The average molecular weight is 254 g/mol. The Hall–Kier alpha value is -1.30. The van der Waals surface area contributed by atoms with Gasteiger partial charge in [-0.3, -0.25) is 4.79 Å². The summed E-state index contributed by atoms with van der Waals surface area (Å²) in [5.41, 5.74) is 11.5. The number of primary amides is 1. The predicted octanol–water partition coefficient (Wildman–Crippen LogP) is 1.59. The van der Waals surface area contributed by atoms with Gasteiger partial charge in [-0.15, -0.1) is 0 Å². The summed E-state index contributed by atoms with van der Waals surface area (Å²) in [5, 5.41) is 0.837. The molecular formula is C11H18N4OS. The van der Waals surface area contributed by atoms with E-state index >= 15 is 0 Å². The SMILES string of the molecule is CCN(c1snc(N)c1C(N)=O)C1CCCC1. The Morgan fingerprint density at radius 2 is 2.18 bits per heavy atom. The van der Waals surface area contributed by atoms with Crippen LogP contribution in [0.25, 0.3) is 0 Å². The van der Waals surface area contributed by atoms with E-state index in [-0.39, 0.29) is 5.82 Å². The number of amides is 1. The van der Waals surface area contributed by atoms with Crippen LogP contribution in [0, 0.1) is 0 Å². The Morgan fingerprint density at radius 3 is 2.71 bits per heavy atom. The minimum atomic E-state index is -0.484. The van der Waals surface area contributed by atoms with Gasteiger partial charge in [-0.1, -0.05) is 12.8 Å². The lowest BCUT2D eigenvalue weighted by Crippen LogP contribution is -2.34. The van der Waals surface area contributed by atoms with Gasteiger partial charge in [0.2, 0.25) is 0 Å². The number of carbonyl (C=O) groups is 1. The largest absolute Gasteiger partial charge is 0.382 e. The third kappa shape index (κ3) is 2.22. The molecule has 1 aliphatic carbocycles. The first-order valence-corrected chi connectivity index (χ1v) is 6.74. The summed E-state index contributed by atoms with van der Waals surface area (Å²) in [6.07, 6.45) is 4.84. The van der Waals surface area contributed by atoms with Crippen LogP contribution in [0.4, 0.5) is 10.8 Å². The fourth-order valence-electron chi connectivity index (χ4n) is 2.50. The fourth-order valence-corrected chi connectivity index (χ4v) is 3.46. The number of aromatic nitrogens is 1. The maximum absolute atomic E-state index is 11.4. The van der Waals surface area contributed by atoms with Gasteiger partial charge in [0.25, 0.3) is 5.91 Å². The summed E-state index contributed by atoms with van der Waals surface area (Å²) in [7, 11) is 0. The third-order valence-electron chi connectivity index (χ3n) is 3.31. The lowest BCUT2D eigenvalue weighted by atomic mass is 10.2. The number of nitrogens with zero attached hydrogens (tertiary/aromatic N) is 2. The molecule has 1 aromatic heterocycles. The van der Waals surface area contributed by atoms with Crippen molar-refractivity contribution in [1.82, 2.24) is 4.37 Å². The van der Waals surface area contributed by atoms with Crippen LogP contribution < -0.4 is 16.4 Å². The molecule has 1 saturated carbocycles. The maximum Gasteiger partial charge on any atom is 0.255 e. The number of anilines is 2. The van der Waals surface area contributed by atoms with Crippen molar-refractivity contribution in [3.63, 3.8) is 0 Å². The molecule has 2 rings (SSSR count). The zero-order chi connectivity index (χ0) is 12.4. The second-order valence-electron chi connectivity index (χ2n) is 4.34. The van der Waals surface area contributed by atoms with Crippen molar-refractivity contribution in [2.45, 2.75) is 38.6 Å². The summed E-state index contributed by atoms with van der Waals surface area (Å²) in [5.74, 6) is -0.225. The van der Waals surface area contributed by atoms with Crippen molar-refractivity contribution in [3.05, 3.63) is 5.56 Å². The first-order chi connectivity index (χ1) is 8.15. The van der Waals surface area contributed by atoms with Gasteiger partial charge >= 0.3 is 0 Å². The van der Waals surface area contributed by atoms with E-state index in [9.17, 15) is 4.79 Å². The first kappa shape index (κ1) is 12.2. The van der Waals surface area contributed by atoms with Gasteiger partial charge in [-0.05, 0) is 31.3 Å². The molecule has 0 saturated heterocycles. The number of nitrogens with two attached hydrogens (primary N) is 2. The number of hydrogen-bond donors (Lipinski definition) is 2. The zero-order valence-corrected chi connectivity index (χ0v) is 10.8. The van der Waals surface area contributed by atoms with Gasteiger partial charge in [0.15, 0.2) is 5.82 Å². The van der Waals surface area contributed by atoms with Crippen molar-refractivity contribution in [2.75, 3.05) is 17.2 Å². The van der Waals surface area contributed by atoms with Crippen molar-refractivity contribution in [3.8, 4) is 0 Å². The zero-order valence-electron chi connectivity index (χ0n) is 9.98. The highest BCUT2D eigenvalue weighted by Gasteiger charge is 2.27. The van der Waals surface area contributed by atoms with E-state index in [0.717, 1.165) is 11.5 Å². The second kappa shape index (κ2) is 4.91. The molecule has 0 spiro atoms. The smallest absolute Gasteiger partial charge is 0.255 e. The Kier molecular flexibility index (Phi) is 3.51. The van der Waals surface area contributed by atoms with Gasteiger partial charge in [0, 0.05) is 12.6 Å². The molecule has 4 N–H and O–H groups in total. The second-order valence-corrected chi connectivity index (χ2v) is 5.09. The standard InChI is InChI=1S/C11H18N4OS/c1-2-15(7-5-3-4-6-7)11-8(10(13)16)9(12)14-17-11/h7H,2-6H2,1H3,(H2,12,14)(H2,13,16). The topological polar surface area (TPSA) is 85.2 Å². The van der Waals surface area contributed by atoms with E-state index in [4.69, 9.17) is 11.5 Å². The molecule has 5 nitrogen and oxygen atoms in total. The van der Waals surface area contributed by atoms with E-state index in [1.54, 1.807) is 0 Å². The van der Waals surface area contributed by atoms with Gasteiger partial charge in [0.05, 0.1) is 0 Å². The number of carbonyl (C=O) groups excluding carboxylic acids is 1. The maximum atomic E-state index is 11.4. The lowest BCUT2D eigenvalue weighted by molar-refractivity contribution is 0.100. The summed E-state index contributed by atoms with van der Waals surface area (Å²) in [4.78, 5) is 13.6. The third-order valence-corrected chi connectivity index (χ3v) is 4.21. The van der Waals surface area contributed by atoms with E-state index in [1.807, 2.05) is 0 Å². The van der Waals surface area contributed by atoms with Crippen LogP contribution >= 0.6 is 11.5 Å². The highest BCUT2D eigenvalue weighted by atomic mass is 32.1. The molecule has 94 valence electrons. The Labute approximate surface area is 105 Å². The van der Waals surface area contributed by atoms with Crippen LogP contribution in [0.2, 0.25) is 0 Å². The van der Waals surface area contributed by atoms with Gasteiger partial charge < -0.3 is 16.4 Å². The van der Waals surface area contributed by atoms with Crippen molar-refractivity contribution >= 4 is 28.3 Å². The van der Waals surface area contributed by atoms with Crippen LogP contribution in [-0.4, -0.2) is 22.9 Å². The molecule has 0 unspecified atom stereocenters. The summed E-state index contributed by atoms with van der Waals surface area (Å²) in [6.45, 7) is 2.94. The molecule has 6 heteroatoms. The van der Waals surface area contributed by atoms with E-state index in [0.29, 0.717) is 11.6 Å². The van der Waals surface area contributed by atoms with Crippen molar-refractivity contribution in [1.29, 1.82) is 0 Å². The quantitative estimate of drug-likeness (QED) is 0.854. The summed E-state index contributed by atoms with van der Waals surface area (Å²) < 4.78 is 4.06. The molecule has 1 aliphatic rings. The molecule has 0 aliphatic heterocycles. The number of nitrogen functional groups attached to an aromatic ring is 1. The molecule has 0 atom stereocenters. The van der Waals surface area contributed by atoms with Gasteiger partial charge in [0.1, 0.15) is 10.6 Å². The van der Waals surface area contributed by atoms with E-state index in [1.165, 1.54) is 37.2 Å². The van der Waals surface area contributed by atoms with Crippen LogP contribution in [0.15, 0.2) is 0 Å². The van der Waals surface area contributed by atoms with Crippen LogP contribution in [0.3, 0.4) is 0 Å². The minimum Gasteiger partial charge on any atom is -0.382 e. The number of rotatable bonds is 4. The molecule has 0 bridgehead atoms. The normalized spacial score (nSPS) is 16.3. The Balaban J connectivity index is 2.33. The highest BCUT2D eigenvalue weighted by molar-refractivity contribution is 7.11. The van der Waals surface area contributed by atoms with Crippen molar-refractivity contribution < 1.29 is 4.79 Å². The molecule has 0 aromatic carbocycles. The van der Waals surface area contributed by atoms with Crippen LogP contribution in [0.5, 0.6) is 0 Å². The monoisotopic (exact) mass is 254 g/mol. The van der Waals surface area contributed by atoms with Gasteiger partial charge in [-0.2, -0.15) is 4.37 Å². The molecule has 17 heavy (non-hydrogen) atoms. The molecule has 0 radical (unpaired) electrons. The summed E-state index contributed by atoms with van der Waals surface area (Å²) >= 11 is 1.27.